The number of rotatable bonds is 6. The van der Waals surface area contributed by atoms with E-state index in [0.717, 1.165) is 0 Å². The lowest BCUT2D eigenvalue weighted by molar-refractivity contribution is -0.384. The third-order valence-corrected chi connectivity index (χ3v) is 4.42. The highest BCUT2D eigenvalue weighted by Crippen LogP contribution is 2.29. The van der Waals surface area contributed by atoms with E-state index in [9.17, 15) is 19.7 Å². The molecule has 0 bridgehead atoms. The van der Waals surface area contributed by atoms with Gasteiger partial charge in [0.05, 0.1) is 36.4 Å². The van der Waals surface area contributed by atoms with Crippen LogP contribution in [-0.4, -0.2) is 72.7 Å². The molecule has 1 fully saturated rings. The molecule has 0 radical (unpaired) electrons. The van der Waals surface area contributed by atoms with E-state index in [1.165, 1.54) is 25.3 Å². The predicted octanol–water partition coefficient (Wildman–Crippen LogP) is 1.70. The molecule has 0 aromatic heterocycles. The number of benzene rings is 1. The number of methoxy groups -OCH3 is 1. The summed E-state index contributed by atoms with van der Waals surface area (Å²) in [6.45, 7) is 5.92. The van der Waals surface area contributed by atoms with Crippen LogP contribution in [0.1, 0.15) is 13.8 Å². The van der Waals surface area contributed by atoms with Crippen molar-refractivity contribution in [2.75, 3.05) is 45.2 Å². The Hall–Kier alpha value is -2.88. The van der Waals surface area contributed by atoms with Gasteiger partial charge in [-0.2, -0.15) is 0 Å². The van der Waals surface area contributed by atoms with Crippen molar-refractivity contribution >= 4 is 23.4 Å². The Morgan fingerprint density at radius 3 is 2.52 bits per heavy atom. The number of anilines is 1. The van der Waals surface area contributed by atoms with Crippen molar-refractivity contribution in [2.24, 2.45) is 0 Å². The minimum atomic E-state index is -0.528. The number of nitrogens with zero attached hydrogens (tertiary/aromatic N) is 3. The Bertz CT molecular complexity index is 703. The summed E-state index contributed by atoms with van der Waals surface area (Å²) in [7, 11) is 1.38. The molecule has 1 aliphatic rings. The van der Waals surface area contributed by atoms with E-state index < -0.39 is 11.0 Å². The fourth-order valence-electron chi connectivity index (χ4n) is 2.81. The highest BCUT2D eigenvalue weighted by atomic mass is 16.6. The van der Waals surface area contributed by atoms with Crippen LogP contribution in [-0.2, 0) is 9.53 Å². The molecule has 1 aliphatic heterocycles. The van der Waals surface area contributed by atoms with Gasteiger partial charge in [-0.05, 0) is 19.9 Å². The zero-order valence-electron chi connectivity index (χ0n) is 15.6. The summed E-state index contributed by atoms with van der Waals surface area (Å²) in [5.74, 6) is -0.0383. The van der Waals surface area contributed by atoms with Gasteiger partial charge in [0.25, 0.3) is 5.69 Å². The lowest BCUT2D eigenvalue weighted by atomic mass is 10.2. The third-order valence-electron chi connectivity index (χ3n) is 4.42. The van der Waals surface area contributed by atoms with Crippen LogP contribution >= 0.6 is 0 Å². The molecule has 2 rings (SSSR count). The van der Waals surface area contributed by atoms with Gasteiger partial charge in [-0.3, -0.25) is 19.8 Å². The molecule has 10 nitrogen and oxygen atoms in total. The smallest absolute Gasteiger partial charge is 0.409 e. The number of non-ortho nitro benzene ring substituents is 1. The Morgan fingerprint density at radius 2 is 1.96 bits per heavy atom. The number of nitro benzene ring substituents is 1. The molecular formula is C17H24N4O6. The molecule has 1 heterocycles. The molecule has 1 saturated heterocycles. The zero-order chi connectivity index (χ0) is 20.0. The monoisotopic (exact) mass is 380 g/mol. The summed E-state index contributed by atoms with van der Waals surface area (Å²) in [6, 6.07) is 3.58. The fourth-order valence-corrected chi connectivity index (χ4v) is 2.81. The first-order valence-electron chi connectivity index (χ1n) is 8.66. The molecule has 148 valence electrons. The van der Waals surface area contributed by atoms with Crippen LogP contribution in [0.4, 0.5) is 16.2 Å². The van der Waals surface area contributed by atoms with E-state index in [-0.39, 0.29) is 23.4 Å². The molecule has 1 aromatic carbocycles. The molecule has 27 heavy (non-hydrogen) atoms. The number of ether oxygens (including phenoxy) is 2. The number of carbonyl (C=O) groups excluding carboxylic acids is 2. The molecule has 10 heteroatoms. The van der Waals surface area contributed by atoms with Gasteiger partial charge >= 0.3 is 6.09 Å². The van der Waals surface area contributed by atoms with E-state index in [0.29, 0.717) is 38.5 Å². The molecule has 0 spiro atoms. The number of hydrogen-bond acceptors (Lipinski definition) is 7. The topological polar surface area (TPSA) is 114 Å². The van der Waals surface area contributed by atoms with E-state index in [4.69, 9.17) is 9.47 Å². The van der Waals surface area contributed by atoms with Crippen molar-refractivity contribution < 1.29 is 24.0 Å². The Kier molecular flexibility index (Phi) is 6.94. The second-order valence-corrected chi connectivity index (χ2v) is 6.03. The van der Waals surface area contributed by atoms with Crippen LogP contribution in [0.25, 0.3) is 0 Å². The number of nitrogens with one attached hydrogen (secondary N) is 1. The third kappa shape index (κ3) is 5.07. The van der Waals surface area contributed by atoms with Crippen molar-refractivity contribution in [2.45, 2.75) is 19.9 Å². The van der Waals surface area contributed by atoms with Crippen LogP contribution < -0.4 is 10.1 Å². The SMILES string of the molecule is CCOC(=O)N1CCN([C@H](C)C(=O)Nc2ccc([N+](=O)[O-])cc2OC)CC1. The van der Waals surface area contributed by atoms with Gasteiger partial charge in [0.15, 0.2) is 0 Å². The lowest BCUT2D eigenvalue weighted by Crippen LogP contribution is -2.54. The number of carbonyl (C=O) groups is 2. The summed E-state index contributed by atoms with van der Waals surface area (Å²) >= 11 is 0. The van der Waals surface area contributed by atoms with Crippen LogP contribution in [0.3, 0.4) is 0 Å². The molecule has 1 aromatic rings. The predicted molar refractivity (Wildman–Crippen MR) is 97.9 cm³/mol. The van der Waals surface area contributed by atoms with Crippen molar-refractivity contribution in [3.05, 3.63) is 28.3 Å². The van der Waals surface area contributed by atoms with Gasteiger partial charge in [-0.15, -0.1) is 0 Å². The van der Waals surface area contributed by atoms with Gasteiger partial charge in [-0.1, -0.05) is 0 Å². The normalized spacial score (nSPS) is 15.7. The maximum atomic E-state index is 12.6. The quantitative estimate of drug-likeness (QED) is 0.590. The number of hydrogen-bond donors (Lipinski definition) is 1. The number of amides is 2. The van der Waals surface area contributed by atoms with Gasteiger partial charge in [-0.25, -0.2) is 4.79 Å². The first-order chi connectivity index (χ1) is 12.9. The minimum Gasteiger partial charge on any atom is -0.494 e. The number of nitro groups is 1. The molecule has 1 atom stereocenters. The lowest BCUT2D eigenvalue weighted by Gasteiger charge is -2.36. The van der Waals surface area contributed by atoms with Crippen molar-refractivity contribution in [3.8, 4) is 5.75 Å². The second kappa shape index (κ2) is 9.17. The van der Waals surface area contributed by atoms with Crippen molar-refractivity contribution in [1.82, 2.24) is 9.80 Å². The van der Waals surface area contributed by atoms with Crippen LogP contribution in [0.15, 0.2) is 18.2 Å². The fraction of sp³-hybridized carbons (Fsp3) is 0.529. The molecule has 0 unspecified atom stereocenters. The second-order valence-electron chi connectivity index (χ2n) is 6.03. The first kappa shape index (κ1) is 20.4. The Labute approximate surface area is 157 Å². The van der Waals surface area contributed by atoms with Gasteiger partial charge in [0.1, 0.15) is 5.75 Å². The Morgan fingerprint density at radius 1 is 1.30 bits per heavy atom. The maximum Gasteiger partial charge on any atom is 0.409 e. The summed E-state index contributed by atoms with van der Waals surface area (Å²) < 4.78 is 10.1. The summed E-state index contributed by atoms with van der Waals surface area (Å²) in [5, 5.41) is 13.6. The summed E-state index contributed by atoms with van der Waals surface area (Å²) in [6.07, 6.45) is -0.343. The van der Waals surface area contributed by atoms with E-state index in [1.807, 2.05) is 4.90 Å². The van der Waals surface area contributed by atoms with Gasteiger partial charge in [0.2, 0.25) is 5.91 Å². The Balaban J connectivity index is 1.96. The van der Waals surface area contributed by atoms with Crippen LogP contribution in [0.2, 0.25) is 0 Å². The average molecular weight is 380 g/mol. The van der Waals surface area contributed by atoms with Crippen LogP contribution in [0, 0.1) is 10.1 Å². The average Bonchev–Trinajstić information content (AvgIpc) is 2.67. The van der Waals surface area contributed by atoms with E-state index in [2.05, 4.69) is 5.32 Å². The molecule has 0 aliphatic carbocycles. The van der Waals surface area contributed by atoms with Crippen molar-refractivity contribution in [1.29, 1.82) is 0 Å². The molecule has 2 amide bonds. The standard InChI is InChI=1S/C17H24N4O6/c1-4-27-17(23)20-9-7-19(8-10-20)12(2)16(22)18-14-6-5-13(21(24)25)11-15(14)26-3/h5-6,11-12H,4,7-10H2,1-3H3,(H,18,22)/t12-/m1/s1. The molecule has 0 saturated carbocycles. The van der Waals surface area contributed by atoms with Gasteiger partial charge < -0.3 is 19.7 Å². The van der Waals surface area contributed by atoms with Crippen LogP contribution in [0.5, 0.6) is 5.75 Å². The largest absolute Gasteiger partial charge is 0.494 e. The van der Waals surface area contributed by atoms with Crippen molar-refractivity contribution in [3.63, 3.8) is 0 Å². The molecule has 1 N–H and O–H groups in total. The minimum absolute atomic E-state index is 0.118. The van der Waals surface area contributed by atoms with E-state index in [1.54, 1.807) is 18.7 Å². The van der Waals surface area contributed by atoms with Gasteiger partial charge in [0, 0.05) is 32.2 Å². The highest BCUT2D eigenvalue weighted by Gasteiger charge is 2.28. The van der Waals surface area contributed by atoms with E-state index >= 15 is 0 Å². The summed E-state index contributed by atoms with van der Waals surface area (Å²) in [4.78, 5) is 38.2. The molecular weight excluding hydrogens is 356 g/mol. The maximum absolute atomic E-state index is 12.6. The zero-order valence-corrected chi connectivity index (χ0v) is 15.6. The first-order valence-corrected chi connectivity index (χ1v) is 8.66. The highest BCUT2D eigenvalue weighted by molar-refractivity contribution is 5.96. The number of piperazine rings is 1. The summed E-state index contributed by atoms with van der Waals surface area (Å²) in [5.41, 5.74) is 0.248.